The van der Waals surface area contributed by atoms with E-state index in [1.807, 2.05) is 7.05 Å². The average Bonchev–Trinajstić information content (AvgIpc) is 2.39. The van der Waals surface area contributed by atoms with Gasteiger partial charge in [-0.2, -0.15) is 0 Å². The van der Waals surface area contributed by atoms with Crippen molar-refractivity contribution in [1.29, 1.82) is 0 Å². The molecule has 0 spiro atoms. The predicted octanol–water partition coefficient (Wildman–Crippen LogP) is 2.57. The minimum atomic E-state index is 0.364. The number of hydrogen-bond donors (Lipinski definition) is 1. The number of morpholine rings is 1. The Kier molecular flexibility index (Phi) is 4.42. The van der Waals surface area contributed by atoms with E-state index in [4.69, 9.17) is 4.74 Å². The number of rotatable bonds is 3. The fourth-order valence-corrected chi connectivity index (χ4v) is 2.75. The molecule has 0 amide bonds. The van der Waals surface area contributed by atoms with Crippen LogP contribution in [0.3, 0.4) is 0 Å². The number of nitrogens with one attached hydrogen (secondary N) is 1. The molecule has 2 rings (SSSR count). The molecule has 1 fully saturated rings. The predicted molar refractivity (Wildman–Crippen MR) is 74.6 cm³/mol. The quantitative estimate of drug-likeness (QED) is 0.928. The van der Waals surface area contributed by atoms with Gasteiger partial charge >= 0.3 is 0 Å². The van der Waals surface area contributed by atoms with Gasteiger partial charge in [-0.15, -0.1) is 0 Å². The van der Waals surface area contributed by atoms with E-state index in [1.54, 1.807) is 0 Å². The smallest absolute Gasteiger partial charge is 0.0642 e. The second kappa shape index (κ2) is 5.85. The van der Waals surface area contributed by atoms with Gasteiger partial charge in [-0.05, 0) is 31.7 Å². The minimum absolute atomic E-state index is 0.364. The van der Waals surface area contributed by atoms with Crippen LogP contribution in [0.15, 0.2) is 22.7 Å². The van der Waals surface area contributed by atoms with Crippen molar-refractivity contribution < 1.29 is 4.74 Å². The lowest BCUT2D eigenvalue weighted by Crippen LogP contribution is -2.36. The molecule has 1 heterocycles. The van der Waals surface area contributed by atoms with Gasteiger partial charge in [-0.3, -0.25) is 0 Å². The Morgan fingerprint density at radius 2 is 2.06 bits per heavy atom. The fraction of sp³-hybridized carbons (Fsp3) is 0.538. The van der Waals surface area contributed by atoms with Gasteiger partial charge in [0.2, 0.25) is 0 Å². The molecule has 1 N–H and O–H groups in total. The summed E-state index contributed by atoms with van der Waals surface area (Å²) in [5, 5.41) is 3.26. The molecule has 1 aromatic carbocycles. The summed E-state index contributed by atoms with van der Waals surface area (Å²) in [6.07, 6.45) is 0. The highest BCUT2D eigenvalue weighted by molar-refractivity contribution is 9.10. The normalized spacial score (nSPS) is 18.2. The van der Waals surface area contributed by atoms with Gasteiger partial charge in [0.15, 0.2) is 0 Å². The first-order chi connectivity index (χ1) is 8.22. The molecule has 1 saturated heterocycles. The summed E-state index contributed by atoms with van der Waals surface area (Å²) < 4.78 is 6.54. The zero-order valence-corrected chi connectivity index (χ0v) is 12.0. The first-order valence-corrected chi connectivity index (χ1v) is 6.81. The third-order valence-corrected chi connectivity index (χ3v) is 3.95. The maximum absolute atomic E-state index is 5.37. The SMILES string of the molecule is CNC(C)c1ccc(N2CCOCC2)cc1Br. The number of nitrogens with zero attached hydrogens (tertiary/aromatic N) is 1. The highest BCUT2D eigenvalue weighted by Gasteiger charge is 2.13. The Morgan fingerprint density at radius 1 is 1.35 bits per heavy atom. The fourth-order valence-electron chi connectivity index (χ4n) is 2.04. The molecular formula is C13H19BrN2O. The Morgan fingerprint density at radius 3 is 2.65 bits per heavy atom. The van der Waals surface area contributed by atoms with Crippen molar-refractivity contribution in [2.75, 3.05) is 38.3 Å². The Bertz CT molecular complexity index is 378. The minimum Gasteiger partial charge on any atom is -0.378 e. The van der Waals surface area contributed by atoms with Crippen molar-refractivity contribution >= 4 is 21.6 Å². The van der Waals surface area contributed by atoms with E-state index >= 15 is 0 Å². The summed E-state index contributed by atoms with van der Waals surface area (Å²) in [4.78, 5) is 2.36. The lowest BCUT2D eigenvalue weighted by Gasteiger charge is -2.29. The molecule has 1 aliphatic heterocycles. The summed E-state index contributed by atoms with van der Waals surface area (Å²) in [6, 6.07) is 6.95. The van der Waals surface area contributed by atoms with E-state index in [0.29, 0.717) is 6.04 Å². The lowest BCUT2D eigenvalue weighted by atomic mass is 10.1. The first-order valence-electron chi connectivity index (χ1n) is 6.02. The first kappa shape index (κ1) is 12.9. The standard InChI is InChI=1S/C13H19BrN2O/c1-10(15-2)12-4-3-11(9-13(12)14)16-5-7-17-8-6-16/h3-4,9-10,15H,5-8H2,1-2H3. The van der Waals surface area contributed by atoms with Gasteiger partial charge in [0, 0.05) is 29.3 Å². The van der Waals surface area contributed by atoms with Crippen molar-refractivity contribution in [3.63, 3.8) is 0 Å². The summed E-state index contributed by atoms with van der Waals surface area (Å²) in [6.45, 7) is 5.77. The van der Waals surface area contributed by atoms with Crippen LogP contribution in [0.2, 0.25) is 0 Å². The van der Waals surface area contributed by atoms with Gasteiger partial charge in [0.25, 0.3) is 0 Å². The molecule has 17 heavy (non-hydrogen) atoms. The van der Waals surface area contributed by atoms with Crippen LogP contribution < -0.4 is 10.2 Å². The molecule has 94 valence electrons. The van der Waals surface area contributed by atoms with Crippen LogP contribution in [0.25, 0.3) is 0 Å². The van der Waals surface area contributed by atoms with Crippen molar-refractivity contribution in [3.05, 3.63) is 28.2 Å². The molecule has 1 aromatic rings. The van der Waals surface area contributed by atoms with Crippen molar-refractivity contribution in [3.8, 4) is 0 Å². The Balaban J connectivity index is 2.17. The topological polar surface area (TPSA) is 24.5 Å². The van der Waals surface area contributed by atoms with Crippen LogP contribution in [-0.2, 0) is 4.74 Å². The number of ether oxygens (including phenoxy) is 1. The number of hydrogen-bond acceptors (Lipinski definition) is 3. The highest BCUT2D eigenvalue weighted by atomic mass is 79.9. The maximum Gasteiger partial charge on any atom is 0.0642 e. The highest BCUT2D eigenvalue weighted by Crippen LogP contribution is 2.28. The second-order valence-electron chi connectivity index (χ2n) is 4.32. The number of halogens is 1. The molecule has 1 unspecified atom stereocenters. The van der Waals surface area contributed by atoms with Crippen LogP contribution >= 0.6 is 15.9 Å². The molecule has 4 heteroatoms. The second-order valence-corrected chi connectivity index (χ2v) is 5.17. The largest absolute Gasteiger partial charge is 0.378 e. The molecule has 0 saturated carbocycles. The third-order valence-electron chi connectivity index (χ3n) is 3.26. The van der Waals surface area contributed by atoms with E-state index in [2.05, 4.69) is 51.3 Å². The molecule has 1 atom stereocenters. The van der Waals surface area contributed by atoms with Crippen LogP contribution in [0, 0.1) is 0 Å². The van der Waals surface area contributed by atoms with Gasteiger partial charge in [0.1, 0.15) is 0 Å². The van der Waals surface area contributed by atoms with E-state index < -0.39 is 0 Å². The lowest BCUT2D eigenvalue weighted by molar-refractivity contribution is 0.122. The van der Waals surface area contributed by atoms with Gasteiger partial charge < -0.3 is 15.0 Å². The van der Waals surface area contributed by atoms with Gasteiger partial charge in [0.05, 0.1) is 13.2 Å². The average molecular weight is 299 g/mol. The van der Waals surface area contributed by atoms with Crippen LogP contribution in [-0.4, -0.2) is 33.4 Å². The van der Waals surface area contributed by atoms with E-state index in [0.717, 1.165) is 26.3 Å². The third kappa shape index (κ3) is 3.00. The molecule has 0 aromatic heterocycles. The summed E-state index contributed by atoms with van der Waals surface area (Å²) >= 11 is 3.66. The molecule has 0 aliphatic carbocycles. The van der Waals surface area contributed by atoms with E-state index in [-0.39, 0.29) is 0 Å². The number of anilines is 1. The Labute approximate surface area is 111 Å². The zero-order chi connectivity index (χ0) is 12.3. The molecule has 3 nitrogen and oxygen atoms in total. The molecule has 0 radical (unpaired) electrons. The van der Waals surface area contributed by atoms with Crippen LogP contribution in [0.4, 0.5) is 5.69 Å². The maximum atomic E-state index is 5.37. The van der Waals surface area contributed by atoms with Crippen molar-refractivity contribution in [2.24, 2.45) is 0 Å². The molecular weight excluding hydrogens is 280 g/mol. The van der Waals surface area contributed by atoms with Crippen LogP contribution in [0.1, 0.15) is 18.5 Å². The summed E-state index contributed by atoms with van der Waals surface area (Å²) in [7, 11) is 1.98. The van der Waals surface area contributed by atoms with Gasteiger partial charge in [-0.1, -0.05) is 22.0 Å². The van der Waals surface area contributed by atoms with E-state index in [1.165, 1.54) is 15.7 Å². The Hall–Kier alpha value is -0.580. The zero-order valence-electron chi connectivity index (χ0n) is 10.4. The van der Waals surface area contributed by atoms with Crippen LogP contribution in [0.5, 0.6) is 0 Å². The number of benzene rings is 1. The monoisotopic (exact) mass is 298 g/mol. The summed E-state index contributed by atoms with van der Waals surface area (Å²) in [5.74, 6) is 0. The van der Waals surface area contributed by atoms with E-state index in [9.17, 15) is 0 Å². The molecule has 0 bridgehead atoms. The summed E-state index contributed by atoms with van der Waals surface area (Å²) in [5.41, 5.74) is 2.57. The van der Waals surface area contributed by atoms with Crippen molar-refractivity contribution in [2.45, 2.75) is 13.0 Å². The molecule has 1 aliphatic rings. The van der Waals surface area contributed by atoms with Gasteiger partial charge in [-0.25, -0.2) is 0 Å². The van der Waals surface area contributed by atoms with Crippen molar-refractivity contribution in [1.82, 2.24) is 5.32 Å².